The zero-order chi connectivity index (χ0) is 13.8. The van der Waals surface area contributed by atoms with Gasteiger partial charge in [0.2, 0.25) is 0 Å². The highest BCUT2D eigenvalue weighted by Crippen LogP contribution is 2.22. The number of hydrogen-bond donors (Lipinski definition) is 1. The van der Waals surface area contributed by atoms with Gasteiger partial charge < -0.3 is 10.1 Å². The third-order valence-corrected chi connectivity index (χ3v) is 2.02. The lowest BCUT2D eigenvalue weighted by atomic mass is 10.2. The lowest BCUT2D eigenvalue weighted by molar-refractivity contribution is -0.274. The van der Waals surface area contributed by atoms with Crippen molar-refractivity contribution in [3.05, 3.63) is 29.8 Å². The molecule has 0 aliphatic rings. The summed E-state index contributed by atoms with van der Waals surface area (Å²) in [7, 11) is 0. The van der Waals surface area contributed by atoms with Crippen molar-refractivity contribution in [3.63, 3.8) is 0 Å². The smallest absolute Gasteiger partial charge is 0.406 e. The maximum atomic E-state index is 12.3. The fourth-order valence-electron chi connectivity index (χ4n) is 1.08. The fourth-order valence-corrected chi connectivity index (χ4v) is 1.15. The lowest BCUT2D eigenvalue weighted by Crippen LogP contribution is -2.28. The monoisotopic (exact) mass is 285 g/mol. The second-order valence-corrected chi connectivity index (χ2v) is 3.59. The maximum Gasteiger partial charge on any atom is 0.573 e. The van der Waals surface area contributed by atoms with Gasteiger partial charge in [-0.05, 0) is 17.7 Å². The number of halogens is 5. The molecule has 100 valence electrons. The summed E-state index contributed by atoms with van der Waals surface area (Å²) in [6, 6.07) is 4.79. The van der Waals surface area contributed by atoms with Crippen LogP contribution in [0.2, 0.25) is 0 Å². The van der Waals surface area contributed by atoms with Crippen LogP contribution in [-0.2, 0) is 11.3 Å². The Morgan fingerprint density at radius 2 is 1.89 bits per heavy atom. The van der Waals surface area contributed by atoms with Gasteiger partial charge in [-0.2, -0.15) is 0 Å². The number of amides is 1. The standard InChI is InChI=1S/C10H8ClF4NO2/c11-8(12)9(17)16-5-6-1-3-7(4-2-6)18-10(13,14)15/h1-4,8H,5H2,(H,16,17). The summed E-state index contributed by atoms with van der Waals surface area (Å²) in [5.74, 6) is -1.38. The molecule has 0 saturated carbocycles. The normalized spacial score (nSPS) is 12.9. The third kappa shape index (κ3) is 5.22. The molecule has 0 radical (unpaired) electrons. The molecule has 0 bridgehead atoms. The Morgan fingerprint density at radius 1 is 1.33 bits per heavy atom. The van der Waals surface area contributed by atoms with E-state index in [-0.39, 0.29) is 12.3 Å². The second kappa shape index (κ2) is 5.90. The minimum Gasteiger partial charge on any atom is -0.406 e. The van der Waals surface area contributed by atoms with Crippen molar-refractivity contribution in [2.45, 2.75) is 18.5 Å². The zero-order valence-corrected chi connectivity index (χ0v) is 9.56. The second-order valence-electron chi connectivity index (χ2n) is 3.21. The van der Waals surface area contributed by atoms with Crippen LogP contribution in [0.4, 0.5) is 17.6 Å². The van der Waals surface area contributed by atoms with Crippen molar-refractivity contribution in [3.8, 4) is 5.75 Å². The van der Waals surface area contributed by atoms with Gasteiger partial charge >= 0.3 is 6.36 Å². The van der Waals surface area contributed by atoms with E-state index in [0.29, 0.717) is 5.56 Å². The summed E-state index contributed by atoms with van der Waals surface area (Å²) in [6.07, 6.45) is -4.75. The Morgan fingerprint density at radius 3 is 2.33 bits per heavy atom. The van der Waals surface area contributed by atoms with Gasteiger partial charge in [-0.3, -0.25) is 4.79 Å². The van der Waals surface area contributed by atoms with Gasteiger partial charge in [-0.15, -0.1) is 13.2 Å². The van der Waals surface area contributed by atoms with E-state index in [4.69, 9.17) is 11.6 Å². The Labute approximate surface area is 105 Å². The number of nitrogens with one attached hydrogen (secondary N) is 1. The molecule has 18 heavy (non-hydrogen) atoms. The van der Waals surface area contributed by atoms with Crippen LogP contribution in [0.25, 0.3) is 0 Å². The molecule has 1 atom stereocenters. The Bertz CT molecular complexity index is 405. The number of carbonyl (C=O) groups excluding carboxylic acids is 1. The van der Waals surface area contributed by atoms with Crippen LogP contribution < -0.4 is 10.1 Å². The molecule has 1 unspecified atom stereocenters. The quantitative estimate of drug-likeness (QED) is 0.682. The summed E-state index contributed by atoms with van der Waals surface area (Å²) in [4.78, 5) is 10.8. The van der Waals surface area contributed by atoms with Crippen molar-refractivity contribution in [2.24, 2.45) is 0 Å². The van der Waals surface area contributed by atoms with Gasteiger partial charge in [0.05, 0.1) is 0 Å². The molecule has 8 heteroatoms. The maximum absolute atomic E-state index is 12.3. The van der Waals surface area contributed by atoms with Crippen LogP contribution in [0.15, 0.2) is 24.3 Å². The molecule has 0 aliphatic heterocycles. The first-order chi connectivity index (χ1) is 8.28. The van der Waals surface area contributed by atoms with Crippen molar-refractivity contribution in [1.29, 1.82) is 0 Å². The third-order valence-electron chi connectivity index (χ3n) is 1.82. The Kier molecular flexibility index (Phi) is 4.77. The van der Waals surface area contributed by atoms with E-state index >= 15 is 0 Å². The van der Waals surface area contributed by atoms with Gasteiger partial charge in [0, 0.05) is 6.54 Å². The molecule has 0 heterocycles. The minimum absolute atomic E-state index is 0.0434. The highest BCUT2D eigenvalue weighted by molar-refractivity contribution is 6.29. The van der Waals surface area contributed by atoms with E-state index in [0.717, 1.165) is 12.1 Å². The Balaban J connectivity index is 2.53. The van der Waals surface area contributed by atoms with Gasteiger partial charge in [0.15, 0.2) is 0 Å². The SMILES string of the molecule is O=C(NCc1ccc(OC(F)(F)F)cc1)C(F)Cl. The molecule has 1 aromatic rings. The number of rotatable bonds is 4. The summed E-state index contributed by atoms with van der Waals surface area (Å²) in [5, 5.41) is 2.16. The predicted octanol–water partition coefficient (Wildman–Crippen LogP) is 2.74. The first-order valence-corrected chi connectivity index (χ1v) is 5.12. The molecular weight excluding hydrogens is 278 g/mol. The van der Waals surface area contributed by atoms with Crippen LogP contribution >= 0.6 is 11.6 Å². The number of benzene rings is 1. The van der Waals surface area contributed by atoms with Gasteiger partial charge in [-0.25, -0.2) is 4.39 Å². The van der Waals surface area contributed by atoms with Crippen LogP contribution in [0.1, 0.15) is 5.56 Å². The number of hydrogen-bond acceptors (Lipinski definition) is 2. The average molecular weight is 286 g/mol. The Hall–Kier alpha value is -1.50. The van der Waals surface area contributed by atoms with E-state index in [1.807, 2.05) is 0 Å². The molecule has 1 aromatic carbocycles. The molecule has 1 amide bonds. The molecule has 3 nitrogen and oxygen atoms in total. The van der Waals surface area contributed by atoms with Crippen LogP contribution in [0.5, 0.6) is 5.75 Å². The molecule has 1 rings (SSSR count). The van der Waals surface area contributed by atoms with Crippen LogP contribution in [0.3, 0.4) is 0 Å². The summed E-state index contributed by atoms with van der Waals surface area (Å²) in [6.45, 7) is -0.0434. The summed E-state index contributed by atoms with van der Waals surface area (Å²) >= 11 is 4.87. The van der Waals surface area contributed by atoms with Gasteiger partial charge in [-0.1, -0.05) is 23.7 Å². The van der Waals surface area contributed by atoms with E-state index in [1.54, 1.807) is 0 Å². The predicted molar refractivity (Wildman–Crippen MR) is 55.7 cm³/mol. The highest BCUT2D eigenvalue weighted by atomic mass is 35.5. The van der Waals surface area contributed by atoms with E-state index in [2.05, 4.69) is 10.1 Å². The molecule has 0 aromatic heterocycles. The van der Waals surface area contributed by atoms with Crippen molar-refractivity contribution in [1.82, 2.24) is 5.32 Å². The van der Waals surface area contributed by atoms with Crippen molar-refractivity contribution >= 4 is 17.5 Å². The topological polar surface area (TPSA) is 38.3 Å². The summed E-state index contributed by atoms with van der Waals surface area (Å²) in [5.41, 5.74) is -1.67. The molecule has 0 spiro atoms. The first kappa shape index (κ1) is 14.6. The first-order valence-electron chi connectivity index (χ1n) is 4.68. The molecule has 1 N–H and O–H groups in total. The van der Waals surface area contributed by atoms with E-state index in [1.165, 1.54) is 12.1 Å². The largest absolute Gasteiger partial charge is 0.573 e. The minimum atomic E-state index is -4.75. The molecule has 0 aliphatic carbocycles. The zero-order valence-electron chi connectivity index (χ0n) is 8.80. The number of ether oxygens (including phenoxy) is 1. The molecule has 0 saturated heterocycles. The van der Waals surface area contributed by atoms with Gasteiger partial charge in [0.25, 0.3) is 11.5 Å². The lowest BCUT2D eigenvalue weighted by Gasteiger charge is -2.09. The van der Waals surface area contributed by atoms with Gasteiger partial charge in [0.1, 0.15) is 5.75 Å². The number of alkyl halides is 5. The number of carbonyl (C=O) groups is 1. The van der Waals surface area contributed by atoms with Crippen LogP contribution in [0, 0.1) is 0 Å². The fraction of sp³-hybridized carbons (Fsp3) is 0.300. The average Bonchev–Trinajstić information content (AvgIpc) is 2.25. The van der Waals surface area contributed by atoms with Crippen LogP contribution in [-0.4, -0.2) is 17.9 Å². The van der Waals surface area contributed by atoms with E-state index in [9.17, 15) is 22.4 Å². The summed E-state index contributed by atoms with van der Waals surface area (Å²) < 4.78 is 51.5. The highest BCUT2D eigenvalue weighted by Gasteiger charge is 2.30. The van der Waals surface area contributed by atoms with E-state index < -0.39 is 17.9 Å². The molecule has 0 fully saturated rings. The van der Waals surface area contributed by atoms with Crippen molar-refractivity contribution in [2.75, 3.05) is 0 Å². The van der Waals surface area contributed by atoms with Crippen molar-refractivity contribution < 1.29 is 27.1 Å². The molecular formula is C10H8ClF4NO2.